The standard InChI is InChI=1S/C23H25N3O3S/c1-4-9-29-18-7-6-16(10-13(18)2)26-22(27)15-5-8-19-17(11-15)20-21(30-19)23(28)25-14(3)12-24-20/h5-8,10-11,14,24H,4,9,12H2,1-3H3,(H,25,28)(H,26,27)/t14-/m1/s1. The lowest BCUT2D eigenvalue weighted by Crippen LogP contribution is -2.34. The van der Waals surface area contributed by atoms with Gasteiger partial charge in [-0.25, -0.2) is 0 Å². The molecule has 0 radical (unpaired) electrons. The van der Waals surface area contributed by atoms with Crippen LogP contribution in [0.2, 0.25) is 0 Å². The van der Waals surface area contributed by atoms with E-state index in [1.165, 1.54) is 11.3 Å². The van der Waals surface area contributed by atoms with Gasteiger partial charge in [-0.15, -0.1) is 11.3 Å². The summed E-state index contributed by atoms with van der Waals surface area (Å²) in [5.74, 6) is 0.566. The SMILES string of the molecule is CCCOc1ccc(NC(=O)c2ccc3sc4c(c3c2)NC[C@@H](C)NC4=O)cc1C. The van der Waals surface area contributed by atoms with Crippen LogP contribution >= 0.6 is 11.3 Å². The van der Waals surface area contributed by atoms with Crippen molar-refractivity contribution in [2.75, 3.05) is 23.8 Å². The highest BCUT2D eigenvalue weighted by Gasteiger charge is 2.24. The molecule has 0 bridgehead atoms. The summed E-state index contributed by atoms with van der Waals surface area (Å²) in [6.07, 6.45) is 0.947. The second-order valence-corrected chi connectivity index (χ2v) is 8.61. The summed E-state index contributed by atoms with van der Waals surface area (Å²) in [6.45, 7) is 7.30. The van der Waals surface area contributed by atoms with Crippen LogP contribution in [0.4, 0.5) is 11.4 Å². The molecule has 2 aromatic carbocycles. The third kappa shape index (κ3) is 3.98. The van der Waals surface area contributed by atoms with E-state index < -0.39 is 0 Å². The Morgan fingerprint density at radius 1 is 1.27 bits per heavy atom. The summed E-state index contributed by atoms with van der Waals surface area (Å²) < 4.78 is 6.67. The van der Waals surface area contributed by atoms with Crippen LogP contribution in [-0.4, -0.2) is 31.0 Å². The minimum absolute atomic E-state index is 0.0474. The number of rotatable bonds is 5. The molecule has 3 aromatic rings. The molecule has 0 spiro atoms. The van der Waals surface area contributed by atoms with Crippen molar-refractivity contribution in [1.82, 2.24) is 5.32 Å². The number of ether oxygens (including phenoxy) is 1. The zero-order chi connectivity index (χ0) is 21.3. The summed E-state index contributed by atoms with van der Waals surface area (Å²) in [5, 5.41) is 10.2. The van der Waals surface area contributed by atoms with E-state index in [9.17, 15) is 9.59 Å². The van der Waals surface area contributed by atoms with Crippen molar-refractivity contribution >= 4 is 44.6 Å². The molecule has 1 aliphatic rings. The first-order chi connectivity index (χ1) is 14.5. The van der Waals surface area contributed by atoms with Gasteiger partial charge >= 0.3 is 0 Å². The van der Waals surface area contributed by atoms with Gasteiger partial charge in [0.05, 0.1) is 12.3 Å². The van der Waals surface area contributed by atoms with E-state index in [2.05, 4.69) is 22.9 Å². The number of anilines is 2. The number of hydrogen-bond acceptors (Lipinski definition) is 5. The van der Waals surface area contributed by atoms with Crippen LogP contribution in [-0.2, 0) is 0 Å². The van der Waals surface area contributed by atoms with Crippen molar-refractivity contribution in [3.8, 4) is 5.75 Å². The van der Waals surface area contributed by atoms with Gasteiger partial charge in [-0.2, -0.15) is 0 Å². The Morgan fingerprint density at radius 3 is 2.87 bits per heavy atom. The lowest BCUT2D eigenvalue weighted by Gasteiger charge is -2.11. The summed E-state index contributed by atoms with van der Waals surface area (Å²) >= 11 is 1.44. The normalized spacial score (nSPS) is 15.7. The number of amides is 2. The average molecular weight is 424 g/mol. The van der Waals surface area contributed by atoms with Gasteiger partial charge in [0.2, 0.25) is 0 Å². The van der Waals surface area contributed by atoms with Crippen LogP contribution in [0.3, 0.4) is 0 Å². The highest BCUT2D eigenvalue weighted by Crippen LogP contribution is 2.37. The summed E-state index contributed by atoms with van der Waals surface area (Å²) in [6, 6.07) is 11.2. The van der Waals surface area contributed by atoms with E-state index >= 15 is 0 Å². The van der Waals surface area contributed by atoms with Gasteiger partial charge in [0, 0.05) is 33.9 Å². The van der Waals surface area contributed by atoms with Crippen molar-refractivity contribution < 1.29 is 14.3 Å². The second-order valence-electron chi connectivity index (χ2n) is 7.56. The molecule has 0 aliphatic carbocycles. The lowest BCUT2D eigenvalue weighted by atomic mass is 10.1. The van der Waals surface area contributed by atoms with Crippen LogP contribution < -0.4 is 20.7 Å². The number of benzene rings is 2. The Kier molecular flexibility index (Phi) is 5.63. The van der Waals surface area contributed by atoms with E-state index in [4.69, 9.17) is 4.74 Å². The second kappa shape index (κ2) is 8.36. The fraction of sp³-hybridized carbons (Fsp3) is 0.304. The topological polar surface area (TPSA) is 79.5 Å². The van der Waals surface area contributed by atoms with Gasteiger partial charge < -0.3 is 20.7 Å². The van der Waals surface area contributed by atoms with Gasteiger partial charge in [0.25, 0.3) is 11.8 Å². The smallest absolute Gasteiger partial charge is 0.263 e. The van der Waals surface area contributed by atoms with Crippen molar-refractivity contribution in [3.05, 3.63) is 52.4 Å². The maximum Gasteiger partial charge on any atom is 0.263 e. The summed E-state index contributed by atoms with van der Waals surface area (Å²) in [5.41, 5.74) is 3.05. The third-order valence-corrected chi connectivity index (χ3v) is 6.18. The fourth-order valence-corrected chi connectivity index (χ4v) is 4.54. The lowest BCUT2D eigenvalue weighted by molar-refractivity contribution is 0.0948. The Balaban J connectivity index is 1.58. The van der Waals surface area contributed by atoms with Crippen LogP contribution in [0.15, 0.2) is 36.4 Å². The molecule has 0 unspecified atom stereocenters. The molecule has 1 aliphatic heterocycles. The number of fused-ring (bicyclic) bond motifs is 3. The minimum atomic E-state index is -0.190. The molecule has 0 saturated heterocycles. The molecule has 1 atom stereocenters. The Morgan fingerprint density at radius 2 is 2.10 bits per heavy atom. The maximum atomic E-state index is 12.9. The van der Waals surface area contributed by atoms with Crippen molar-refractivity contribution in [1.29, 1.82) is 0 Å². The zero-order valence-electron chi connectivity index (χ0n) is 17.3. The number of nitrogens with one attached hydrogen (secondary N) is 3. The molecule has 156 valence electrons. The third-order valence-electron chi connectivity index (χ3n) is 5.01. The first-order valence-corrected chi connectivity index (χ1v) is 10.9. The molecule has 1 aromatic heterocycles. The molecular formula is C23H25N3O3S. The monoisotopic (exact) mass is 423 g/mol. The Hall–Kier alpha value is -3.06. The molecule has 6 nitrogen and oxygen atoms in total. The first kappa shape index (κ1) is 20.2. The van der Waals surface area contributed by atoms with E-state index in [1.807, 2.05) is 44.2 Å². The van der Waals surface area contributed by atoms with Gasteiger partial charge in [-0.3, -0.25) is 9.59 Å². The van der Waals surface area contributed by atoms with Crippen molar-refractivity contribution in [2.45, 2.75) is 33.2 Å². The summed E-state index contributed by atoms with van der Waals surface area (Å²) in [4.78, 5) is 26.0. The van der Waals surface area contributed by atoms with Gasteiger partial charge in [-0.1, -0.05) is 6.92 Å². The molecular weight excluding hydrogens is 398 g/mol. The van der Waals surface area contributed by atoms with E-state index in [1.54, 1.807) is 6.07 Å². The van der Waals surface area contributed by atoms with Crippen LogP contribution in [0.5, 0.6) is 5.75 Å². The fourth-order valence-electron chi connectivity index (χ4n) is 3.47. The largest absolute Gasteiger partial charge is 0.493 e. The molecule has 3 N–H and O–H groups in total. The molecule has 30 heavy (non-hydrogen) atoms. The molecule has 2 heterocycles. The van der Waals surface area contributed by atoms with Crippen molar-refractivity contribution in [2.24, 2.45) is 0 Å². The number of hydrogen-bond donors (Lipinski definition) is 3. The van der Waals surface area contributed by atoms with Crippen LogP contribution in [0, 0.1) is 6.92 Å². The zero-order valence-corrected chi connectivity index (χ0v) is 18.1. The van der Waals surface area contributed by atoms with Crippen molar-refractivity contribution in [3.63, 3.8) is 0 Å². The van der Waals surface area contributed by atoms with Crippen LogP contribution in [0.1, 0.15) is 45.9 Å². The average Bonchev–Trinajstić information content (AvgIpc) is 3.02. The molecule has 0 fully saturated rings. The minimum Gasteiger partial charge on any atom is -0.493 e. The van der Waals surface area contributed by atoms with Crippen LogP contribution in [0.25, 0.3) is 10.1 Å². The summed E-state index contributed by atoms with van der Waals surface area (Å²) in [7, 11) is 0. The highest BCUT2D eigenvalue weighted by molar-refractivity contribution is 7.21. The number of carbonyl (C=O) groups is 2. The van der Waals surface area contributed by atoms with E-state index in [0.29, 0.717) is 23.6 Å². The van der Waals surface area contributed by atoms with E-state index in [0.717, 1.165) is 39.2 Å². The molecule has 7 heteroatoms. The molecule has 0 saturated carbocycles. The van der Waals surface area contributed by atoms with Gasteiger partial charge in [0.15, 0.2) is 0 Å². The molecule has 2 amide bonds. The number of thiophene rings is 1. The van der Waals surface area contributed by atoms with E-state index in [-0.39, 0.29) is 17.9 Å². The predicted octanol–water partition coefficient (Wildman–Crippen LogP) is 4.79. The highest BCUT2D eigenvalue weighted by atomic mass is 32.1. The number of aryl methyl sites for hydroxylation is 1. The predicted molar refractivity (Wildman–Crippen MR) is 122 cm³/mol. The number of carbonyl (C=O) groups excluding carboxylic acids is 2. The van der Waals surface area contributed by atoms with Gasteiger partial charge in [-0.05, 0) is 62.2 Å². The Labute approximate surface area is 179 Å². The van der Waals surface area contributed by atoms with Gasteiger partial charge in [0.1, 0.15) is 10.6 Å². The quantitative estimate of drug-likeness (QED) is 0.551. The molecule has 4 rings (SSSR count). The maximum absolute atomic E-state index is 12.9. The Bertz CT molecular complexity index is 1120. The first-order valence-electron chi connectivity index (χ1n) is 10.1.